The van der Waals surface area contributed by atoms with E-state index in [1.807, 2.05) is 5.38 Å². The molecule has 1 heterocycles. The summed E-state index contributed by atoms with van der Waals surface area (Å²) in [6, 6.07) is 0.182. The summed E-state index contributed by atoms with van der Waals surface area (Å²) >= 11 is 1.49. The molecule has 1 fully saturated rings. The average Bonchev–Trinajstić information content (AvgIpc) is 2.80. The molecule has 0 aromatic carbocycles. The van der Waals surface area contributed by atoms with E-state index in [9.17, 15) is 4.79 Å². The van der Waals surface area contributed by atoms with E-state index < -0.39 is 0 Å². The number of thiazole rings is 1. The molecule has 0 saturated heterocycles. The zero-order valence-corrected chi connectivity index (χ0v) is 12.5. The summed E-state index contributed by atoms with van der Waals surface area (Å²) < 4.78 is 0. The van der Waals surface area contributed by atoms with Crippen LogP contribution in [0.2, 0.25) is 0 Å². The molecule has 3 N–H and O–H groups in total. The van der Waals surface area contributed by atoms with Gasteiger partial charge in [0.1, 0.15) is 0 Å². The summed E-state index contributed by atoms with van der Waals surface area (Å²) in [7, 11) is 0. The molecular formula is C14H23N3OS. The maximum Gasteiger partial charge on any atom is 0.226 e. The van der Waals surface area contributed by atoms with E-state index in [0.29, 0.717) is 23.4 Å². The summed E-state index contributed by atoms with van der Waals surface area (Å²) in [5.74, 6) is 0.777. The maximum atomic E-state index is 12.0. The van der Waals surface area contributed by atoms with Crippen LogP contribution in [-0.4, -0.2) is 16.9 Å². The van der Waals surface area contributed by atoms with Gasteiger partial charge in [-0.05, 0) is 24.7 Å². The summed E-state index contributed by atoms with van der Waals surface area (Å²) in [5, 5.41) is 5.61. The smallest absolute Gasteiger partial charge is 0.226 e. The lowest BCUT2D eigenvalue weighted by atomic mass is 9.83. The Morgan fingerprint density at radius 1 is 1.53 bits per heavy atom. The Morgan fingerprint density at radius 2 is 2.26 bits per heavy atom. The molecule has 0 spiro atoms. The molecule has 1 saturated carbocycles. The van der Waals surface area contributed by atoms with Gasteiger partial charge in [0.2, 0.25) is 5.91 Å². The van der Waals surface area contributed by atoms with Crippen molar-refractivity contribution >= 4 is 22.4 Å². The lowest BCUT2D eigenvalue weighted by molar-refractivity contribution is -0.117. The minimum atomic E-state index is 0.0482. The van der Waals surface area contributed by atoms with Crippen molar-refractivity contribution in [3.8, 4) is 0 Å². The van der Waals surface area contributed by atoms with Crippen molar-refractivity contribution in [2.24, 2.45) is 11.7 Å². The highest BCUT2D eigenvalue weighted by Crippen LogP contribution is 2.27. The molecule has 1 aromatic rings. The highest BCUT2D eigenvalue weighted by atomic mass is 32.1. The van der Waals surface area contributed by atoms with Crippen LogP contribution in [0.5, 0.6) is 0 Å². The normalized spacial score (nSPS) is 23.6. The molecule has 19 heavy (non-hydrogen) atoms. The predicted octanol–water partition coefficient (Wildman–Crippen LogP) is 3.11. The highest BCUT2D eigenvalue weighted by molar-refractivity contribution is 7.13. The fourth-order valence-electron chi connectivity index (χ4n) is 2.51. The van der Waals surface area contributed by atoms with Crippen LogP contribution in [0.4, 0.5) is 5.13 Å². The van der Waals surface area contributed by atoms with Crippen molar-refractivity contribution in [3.63, 3.8) is 0 Å². The third-order valence-corrected chi connectivity index (χ3v) is 4.55. The van der Waals surface area contributed by atoms with E-state index in [2.05, 4.69) is 24.1 Å². The third kappa shape index (κ3) is 4.01. The number of hydrogen-bond donors (Lipinski definition) is 2. The lowest BCUT2D eigenvalue weighted by Gasteiger charge is -2.27. The molecule has 2 atom stereocenters. The average molecular weight is 281 g/mol. The van der Waals surface area contributed by atoms with E-state index >= 15 is 0 Å². The first-order valence-corrected chi connectivity index (χ1v) is 7.95. The van der Waals surface area contributed by atoms with Crippen LogP contribution < -0.4 is 11.1 Å². The second kappa shape index (κ2) is 6.48. The van der Waals surface area contributed by atoms with Gasteiger partial charge in [-0.25, -0.2) is 4.98 Å². The number of carbonyl (C=O) groups is 1. The zero-order valence-electron chi connectivity index (χ0n) is 11.7. The number of nitrogens with one attached hydrogen (secondary N) is 1. The number of rotatable bonds is 4. The van der Waals surface area contributed by atoms with Gasteiger partial charge in [0.05, 0.1) is 5.69 Å². The van der Waals surface area contributed by atoms with Crippen molar-refractivity contribution in [1.82, 2.24) is 4.98 Å². The topological polar surface area (TPSA) is 68.0 Å². The van der Waals surface area contributed by atoms with Gasteiger partial charge in [0.25, 0.3) is 0 Å². The Bertz CT molecular complexity index is 430. The van der Waals surface area contributed by atoms with Gasteiger partial charge in [-0.2, -0.15) is 0 Å². The minimum Gasteiger partial charge on any atom is -0.327 e. The van der Waals surface area contributed by atoms with Crippen LogP contribution in [0.3, 0.4) is 0 Å². The quantitative estimate of drug-likeness (QED) is 0.891. The standard InChI is InChI=1S/C14H23N3OS/c1-9(2)12-8-19-14(16-12)17-13(18)7-10-5-3-4-6-11(10)15/h8-11H,3-7,15H2,1-2H3,(H,16,17,18). The number of hydrogen-bond acceptors (Lipinski definition) is 4. The van der Waals surface area contributed by atoms with Gasteiger partial charge in [0, 0.05) is 17.8 Å². The molecule has 106 valence electrons. The molecule has 5 heteroatoms. The molecule has 0 aliphatic heterocycles. The Hall–Kier alpha value is -0.940. The van der Waals surface area contributed by atoms with Gasteiger partial charge >= 0.3 is 0 Å². The van der Waals surface area contributed by atoms with E-state index in [1.54, 1.807) is 0 Å². The fourth-order valence-corrected chi connectivity index (χ4v) is 3.40. The van der Waals surface area contributed by atoms with Crippen molar-refractivity contribution in [1.29, 1.82) is 0 Å². The summed E-state index contributed by atoms with van der Waals surface area (Å²) in [5.41, 5.74) is 7.11. The van der Waals surface area contributed by atoms with E-state index in [1.165, 1.54) is 24.2 Å². The van der Waals surface area contributed by atoms with Crippen molar-refractivity contribution in [2.75, 3.05) is 5.32 Å². The Balaban J connectivity index is 1.86. The van der Waals surface area contributed by atoms with Crippen LogP contribution in [0.1, 0.15) is 57.6 Å². The number of anilines is 1. The molecule has 0 bridgehead atoms. The van der Waals surface area contributed by atoms with Crippen molar-refractivity contribution in [3.05, 3.63) is 11.1 Å². The van der Waals surface area contributed by atoms with Crippen molar-refractivity contribution in [2.45, 2.75) is 57.9 Å². The summed E-state index contributed by atoms with van der Waals surface area (Å²) in [4.78, 5) is 16.4. The lowest BCUT2D eigenvalue weighted by Crippen LogP contribution is -2.35. The summed E-state index contributed by atoms with van der Waals surface area (Å²) in [6.07, 6.45) is 5.04. The van der Waals surface area contributed by atoms with Crippen LogP contribution >= 0.6 is 11.3 Å². The molecule has 1 amide bonds. The Labute approximate surface area is 118 Å². The van der Waals surface area contributed by atoms with Gasteiger partial charge in [-0.1, -0.05) is 26.7 Å². The number of amides is 1. The van der Waals surface area contributed by atoms with Gasteiger partial charge in [-0.3, -0.25) is 4.79 Å². The van der Waals surface area contributed by atoms with E-state index in [4.69, 9.17) is 5.73 Å². The molecule has 0 radical (unpaired) electrons. The molecule has 4 nitrogen and oxygen atoms in total. The van der Waals surface area contributed by atoms with Crippen molar-refractivity contribution < 1.29 is 4.79 Å². The first-order valence-electron chi connectivity index (χ1n) is 7.07. The Morgan fingerprint density at radius 3 is 2.89 bits per heavy atom. The molecular weight excluding hydrogens is 258 g/mol. The third-order valence-electron chi connectivity index (χ3n) is 3.78. The molecule has 1 aliphatic rings. The molecule has 1 aliphatic carbocycles. The zero-order chi connectivity index (χ0) is 13.8. The van der Waals surface area contributed by atoms with Gasteiger partial charge < -0.3 is 11.1 Å². The summed E-state index contributed by atoms with van der Waals surface area (Å²) in [6.45, 7) is 4.20. The van der Waals surface area contributed by atoms with Gasteiger partial charge in [-0.15, -0.1) is 11.3 Å². The first-order chi connectivity index (χ1) is 9.06. The fraction of sp³-hybridized carbons (Fsp3) is 0.714. The van der Waals surface area contributed by atoms with Crippen LogP contribution in [-0.2, 0) is 4.79 Å². The molecule has 1 aromatic heterocycles. The van der Waals surface area contributed by atoms with Crippen LogP contribution in [0.15, 0.2) is 5.38 Å². The Kier molecular flexibility index (Phi) is 4.93. The van der Waals surface area contributed by atoms with E-state index in [0.717, 1.165) is 18.5 Å². The molecule has 2 unspecified atom stereocenters. The minimum absolute atomic E-state index is 0.0482. The van der Waals surface area contributed by atoms with Crippen LogP contribution in [0, 0.1) is 5.92 Å². The number of nitrogens with two attached hydrogens (primary N) is 1. The second-order valence-corrected chi connectivity index (χ2v) is 6.55. The number of nitrogens with zero attached hydrogens (tertiary/aromatic N) is 1. The monoisotopic (exact) mass is 281 g/mol. The number of carbonyl (C=O) groups excluding carboxylic acids is 1. The van der Waals surface area contributed by atoms with Crippen LogP contribution in [0.25, 0.3) is 0 Å². The second-order valence-electron chi connectivity index (χ2n) is 5.69. The largest absolute Gasteiger partial charge is 0.327 e. The first kappa shape index (κ1) is 14.5. The van der Waals surface area contributed by atoms with Gasteiger partial charge in [0.15, 0.2) is 5.13 Å². The maximum absolute atomic E-state index is 12.0. The predicted molar refractivity (Wildman–Crippen MR) is 79.4 cm³/mol. The SMILES string of the molecule is CC(C)c1csc(NC(=O)CC2CCCCC2N)n1. The highest BCUT2D eigenvalue weighted by Gasteiger charge is 2.24. The number of aromatic nitrogens is 1. The van der Waals surface area contributed by atoms with E-state index in [-0.39, 0.29) is 11.9 Å². The molecule has 2 rings (SSSR count).